The smallest absolute Gasteiger partial charge is 0.343 e. The van der Waals surface area contributed by atoms with Crippen LogP contribution in [0, 0.1) is 0 Å². The Morgan fingerprint density at radius 1 is 0.591 bits per heavy atom. The normalized spacial score (nSPS) is 12.3. The molecule has 0 saturated heterocycles. The summed E-state index contributed by atoms with van der Waals surface area (Å²) in [5.41, 5.74) is -0.279. The fraction of sp³-hybridized carbons (Fsp3) is 0.129. The maximum atomic E-state index is 12.9. The molecule has 1 aliphatic carbocycles. The zero-order valence-corrected chi connectivity index (χ0v) is 22.6. The van der Waals surface area contributed by atoms with Crippen molar-refractivity contribution in [1.29, 1.82) is 0 Å². The topological polar surface area (TPSA) is 210 Å². The number of rotatable bonds is 9. The monoisotopic (exact) mass is 604 g/mol. The van der Waals surface area contributed by atoms with Crippen LogP contribution in [0.5, 0.6) is 51.7 Å². The number of hydrogen-bond donors (Lipinski definition) is 6. The Morgan fingerprint density at radius 3 is 1.50 bits per heavy atom. The SMILES string of the molecule is O=C(Oc1cc(C(=O)Oc2cc(C(=O)OC3CC3)cc(O)c2O)cc(O)c1O)c1cc(O)c(O)c(OCc2ccccc2)c1. The number of aromatic hydroxyl groups is 6. The van der Waals surface area contributed by atoms with Gasteiger partial charge in [-0.25, -0.2) is 14.4 Å². The van der Waals surface area contributed by atoms with Gasteiger partial charge in [-0.05, 0) is 54.8 Å². The average molecular weight is 605 g/mol. The molecular weight excluding hydrogens is 580 g/mol. The molecule has 4 aromatic rings. The molecule has 1 saturated carbocycles. The molecule has 0 spiro atoms. The van der Waals surface area contributed by atoms with E-state index in [-0.39, 0.29) is 29.6 Å². The van der Waals surface area contributed by atoms with Crippen molar-refractivity contribution in [1.82, 2.24) is 0 Å². The summed E-state index contributed by atoms with van der Waals surface area (Å²) < 4.78 is 20.9. The first-order valence-electron chi connectivity index (χ1n) is 13.0. The van der Waals surface area contributed by atoms with E-state index in [9.17, 15) is 45.0 Å². The van der Waals surface area contributed by atoms with Crippen molar-refractivity contribution in [3.05, 3.63) is 89.0 Å². The Kier molecular flexibility index (Phi) is 8.02. The quantitative estimate of drug-likeness (QED) is 0.0897. The molecule has 5 rings (SSSR count). The van der Waals surface area contributed by atoms with Crippen molar-refractivity contribution in [2.24, 2.45) is 0 Å². The zero-order valence-electron chi connectivity index (χ0n) is 22.6. The number of hydrogen-bond acceptors (Lipinski definition) is 13. The molecular formula is C31H24O13. The summed E-state index contributed by atoms with van der Waals surface area (Å²) in [7, 11) is 0. The second kappa shape index (κ2) is 12.0. The van der Waals surface area contributed by atoms with Crippen LogP contribution >= 0.6 is 0 Å². The van der Waals surface area contributed by atoms with Gasteiger partial charge in [-0.1, -0.05) is 30.3 Å². The van der Waals surface area contributed by atoms with Crippen molar-refractivity contribution in [3.8, 4) is 51.7 Å². The van der Waals surface area contributed by atoms with Crippen LogP contribution in [0.1, 0.15) is 49.5 Å². The lowest BCUT2D eigenvalue weighted by molar-refractivity contribution is 0.0469. The van der Waals surface area contributed by atoms with Crippen LogP contribution < -0.4 is 14.2 Å². The standard InChI is InChI=1S/C31H24O13/c32-20-8-16(11-23(26(20)35)41-14-15-4-2-1-3-5-15)30(39)43-25-13-18(10-22(34)28(25)37)31(40)44-24-12-17(9-21(33)27(24)36)29(38)42-19-6-7-19/h1-5,8-13,19,32-37H,6-7,14H2. The van der Waals surface area contributed by atoms with Gasteiger partial charge in [0.15, 0.2) is 34.5 Å². The van der Waals surface area contributed by atoms with Gasteiger partial charge in [0.2, 0.25) is 17.2 Å². The lowest BCUT2D eigenvalue weighted by atomic mass is 10.1. The lowest BCUT2D eigenvalue weighted by Crippen LogP contribution is -2.12. The molecule has 0 bridgehead atoms. The third kappa shape index (κ3) is 6.51. The number of benzene rings is 4. The number of ether oxygens (including phenoxy) is 4. The maximum absolute atomic E-state index is 12.9. The van der Waals surface area contributed by atoms with Crippen LogP contribution in [-0.4, -0.2) is 54.7 Å². The summed E-state index contributed by atoms with van der Waals surface area (Å²) in [5, 5.41) is 61.0. The molecule has 0 amide bonds. The van der Waals surface area contributed by atoms with Gasteiger partial charge in [-0.3, -0.25) is 0 Å². The molecule has 0 aromatic heterocycles. The Bertz CT molecular complexity index is 1760. The maximum Gasteiger partial charge on any atom is 0.343 e. The van der Waals surface area contributed by atoms with Gasteiger partial charge in [0.25, 0.3) is 0 Å². The van der Waals surface area contributed by atoms with Crippen LogP contribution in [-0.2, 0) is 11.3 Å². The van der Waals surface area contributed by atoms with Crippen molar-refractivity contribution in [2.75, 3.05) is 0 Å². The fourth-order valence-electron chi connectivity index (χ4n) is 3.86. The van der Waals surface area contributed by atoms with Gasteiger partial charge in [-0.15, -0.1) is 0 Å². The van der Waals surface area contributed by atoms with Gasteiger partial charge in [0.05, 0.1) is 16.7 Å². The zero-order chi connectivity index (χ0) is 31.5. The van der Waals surface area contributed by atoms with E-state index in [1.165, 1.54) is 0 Å². The molecule has 0 heterocycles. The highest BCUT2D eigenvalue weighted by Gasteiger charge is 2.28. The summed E-state index contributed by atoms with van der Waals surface area (Å²) in [6.45, 7) is -0.0108. The second-order valence-corrected chi connectivity index (χ2v) is 9.68. The van der Waals surface area contributed by atoms with Gasteiger partial charge < -0.3 is 49.6 Å². The predicted octanol–water partition coefficient (Wildman–Crippen LogP) is 4.26. The van der Waals surface area contributed by atoms with Crippen LogP contribution in [0.2, 0.25) is 0 Å². The Labute approximate surface area is 248 Å². The largest absolute Gasteiger partial charge is 0.504 e. The van der Waals surface area contributed by atoms with Gasteiger partial charge in [0, 0.05) is 0 Å². The van der Waals surface area contributed by atoms with Gasteiger partial charge >= 0.3 is 17.9 Å². The van der Waals surface area contributed by atoms with E-state index in [2.05, 4.69) is 0 Å². The van der Waals surface area contributed by atoms with Crippen LogP contribution in [0.15, 0.2) is 66.7 Å². The Morgan fingerprint density at radius 2 is 1.02 bits per heavy atom. The molecule has 226 valence electrons. The van der Waals surface area contributed by atoms with E-state index >= 15 is 0 Å². The van der Waals surface area contributed by atoms with E-state index < -0.39 is 69.5 Å². The first-order chi connectivity index (χ1) is 21.0. The molecule has 0 atom stereocenters. The molecule has 0 radical (unpaired) electrons. The molecule has 1 aliphatic rings. The first-order valence-corrected chi connectivity index (χ1v) is 13.0. The minimum atomic E-state index is -1.25. The lowest BCUT2D eigenvalue weighted by Gasteiger charge is -2.13. The summed E-state index contributed by atoms with van der Waals surface area (Å²) in [4.78, 5) is 38.1. The molecule has 13 nitrogen and oxygen atoms in total. The second-order valence-electron chi connectivity index (χ2n) is 9.68. The van der Waals surface area contributed by atoms with Gasteiger partial charge in [0.1, 0.15) is 12.7 Å². The highest BCUT2D eigenvalue weighted by atomic mass is 16.6. The van der Waals surface area contributed by atoms with Crippen LogP contribution in [0.25, 0.3) is 0 Å². The van der Waals surface area contributed by atoms with E-state index in [1.807, 2.05) is 0 Å². The minimum Gasteiger partial charge on any atom is -0.504 e. The molecule has 0 unspecified atom stereocenters. The minimum absolute atomic E-state index is 0.0108. The number of carbonyl (C=O) groups is 3. The van der Waals surface area contributed by atoms with E-state index in [0.717, 1.165) is 42.0 Å². The average Bonchev–Trinajstić information content (AvgIpc) is 3.82. The molecule has 44 heavy (non-hydrogen) atoms. The predicted molar refractivity (Wildman–Crippen MR) is 148 cm³/mol. The number of phenolic OH excluding ortho intramolecular Hbond substituents is 6. The molecule has 1 fully saturated rings. The Balaban J connectivity index is 1.35. The van der Waals surface area contributed by atoms with Crippen molar-refractivity contribution in [3.63, 3.8) is 0 Å². The first kappa shape index (κ1) is 29.4. The fourth-order valence-corrected chi connectivity index (χ4v) is 3.86. The van der Waals surface area contributed by atoms with Gasteiger partial charge in [-0.2, -0.15) is 0 Å². The molecule has 13 heteroatoms. The number of esters is 3. The summed E-state index contributed by atoms with van der Waals surface area (Å²) in [6, 6.07) is 14.3. The van der Waals surface area contributed by atoms with Crippen molar-refractivity contribution < 1.29 is 64.0 Å². The molecule has 0 aliphatic heterocycles. The van der Waals surface area contributed by atoms with Crippen molar-refractivity contribution >= 4 is 17.9 Å². The molecule has 6 N–H and O–H groups in total. The van der Waals surface area contributed by atoms with E-state index in [1.54, 1.807) is 30.3 Å². The highest BCUT2D eigenvalue weighted by Crippen LogP contribution is 2.41. The van der Waals surface area contributed by atoms with Crippen LogP contribution in [0.4, 0.5) is 0 Å². The van der Waals surface area contributed by atoms with Crippen LogP contribution in [0.3, 0.4) is 0 Å². The number of phenols is 6. The molecule has 4 aromatic carbocycles. The highest BCUT2D eigenvalue weighted by molar-refractivity contribution is 5.96. The third-order valence-electron chi connectivity index (χ3n) is 6.31. The Hall–Kier alpha value is -6.11. The summed E-state index contributed by atoms with van der Waals surface area (Å²) in [5.74, 6) is -9.63. The summed E-state index contributed by atoms with van der Waals surface area (Å²) in [6.07, 6.45) is 1.11. The van der Waals surface area contributed by atoms with E-state index in [0.29, 0.717) is 12.8 Å². The number of carbonyl (C=O) groups excluding carboxylic acids is 3. The van der Waals surface area contributed by atoms with Crippen molar-refractivity contribution in [2.45, 2.75) is 25.6 Å². The third-order valence-corrected chi connectivity index (χ3v) is 6.31. The van der Waals surface area contributed by atoms with E-state index in [4.69, 9.17) is 18.9 Å². The summed E-state index contributed by atoms with van der Waals surface area (Å²) >= 11 is 0.